The number of hydrogen-bond acceptors (Lipinski definition) is 7. The van der Waals surface area contributed by atoms with E-state index in [1.54, 1.807) is 0 Å². The molecule has 0 spiro atoms. The minimum absolute atomic E-state index is 0.0493. The van der Waals surface area contributed by atoms with E-state index in [0.29, 0.717) is 38.5 Å². The summed E-state index contributed by atoms with van der Waals surface area (Å²) in [6.45, 7) is 4.44. The molecule has 9 heteroatoms. The van der Waals surface area contributed by atoms with Crippen LogP contribution < -0.4 is 0 Å². The number of ether oxygens (including phenoxy) is 2. The van der Waals surface area contributed by atoms with E-state index in [-0.39, 0.29) is 38.4 Å². The fourth-order valence-corrected chi connectivity index (χ4v) is 2.52. The summed E-state index contributed by atoms with van der Waals surface area (Å²) in [5.41, 5.74) is 0. The van der Waals surface area contributed by atoms with Crippen molar-refractivity contribution in [2.45, 2.75) is 65.2 Å². The molecule has 148 valence electrons. The van der Waals surface area contributed by atoms with Gasteiger partial charge in [0.15, 0.2) is 0 Å². The Labute approximate surface area is 149 Å². The number of unbranched alkanes of at least 4 members (excludes halogenated alkanes) is 2. The third kappa shape index (κ3) is 16.3. The van der Waals surface area contributed by atoms with Crippen molar-refractivity contribution in [3.8, 4) is 0 Å². The summed E-state index contributed by atoms with van der Waals surface area (Å²) in [6, 6.07) is 0. The maximum absolute atomic E-state index is 11.6. The molecule has 0 saturated carbocycles. The first-order chi connectivity index (χ1) is 11.9. The molecular weight excluding hydrogens is 351 g/mol. The summed E-state index contributed by atoms with van der Waals surface area (Å²) in [6.07, 6.45) is 4.36. The highest BCUT2D eigenvalue weighted by molar-refractivity contribution is 7.47. The molecule has 0 radical (unpaired) electrons. The van der Waals surface area contributed by atoms with Gasteiger partial charge in [0.05, 0.1) is 26.4 Å². The summed E-state index contributed by atoms with van der Waals surface area (Å²) < 4.78 is 31.2. The third-order valence-corrected chi connectivity index (χ3v) is 4.04. The van der Waals surface area contributed by atoms with Gasteiger partial charge in [0, 0.05) is 12.8 Å². The van der Waals surface area contributed by atoms with Crippen molar-refractivity contribution in [1.82, 2.24) is 0 Å². The molecule has 0 bridgehead atoms. The van der Waals surface area contributed by atoms with E-state index >= 15 is 0 Å². The highest BCUT2D eigenvalue weighted by atomic mass is 31.2. The van der Waals surface area contributed by atoms with Crippen LogP contribution >= 0.6 is 7.82 Å². The highest BCUT2D eigenvalue weighted by Crippen LogP contribution is 2.43. The Bertz CT molecular complexity index is 379. The first-order valence-corrected chi connectivity index (χ1v) is 10.3. The van der Waals surface area contributed by atoms with Gasteiger partial charge < -0.3 is 14.4 Å². The fraction of sp³-hybridized carbons (Fsp3) is 0.875. The van der Waals surface area contributed by atoms with Gasteiger partial charge in [-0.3, -0.25) is 18.6 Å². The molecule has 0 fully saturated rings. The zero-order valence-corrected chi connectivity index (χ0v) is 16.1. The summed E-state index contributed by atoms with van der Waals surface area (Å²) in [5, 5.41) is 0. The van der Waals surface area contributed by atoms with Crippen molar-refractivity contribution in [3.05, 3.63) is 0 Å². The average molecular weight is 382 g/mol. The zero-order chi connectivity index (χ0) is 19.0. The van der Waals surface area contributed by atoms with Crippen molar-refractivity contribution < 1.29 is 37.6 Å². The molecule has 25 heavy (non-hydrogen) atoms. The number of carbonyl (C=O) groups excluding carboxylic acids is 2. The first kappa shape index (κ1) is 24.1. The number of phosphoric acid groups is 1. The molecule has 0 atom stereocenters. The van der Waals surface area contributed by atoms with Crippen molar-refractivity contribution >= 4 is 19.8 Å². The van der Waals surface area contributed by atoms with Crippen LogP contribution in [-0.2, 0) is 32.7 Å². The average Bonchev–Trinajstić information content (AvgIpc) is 2.54. The van der Waals surface area contributed by atoms with E-state index in [0.717, 1.165) is 12.8 Å². The lowest BCUT2D eigenvalue weighted by Crippen LogP contribution is -2.07. The Morgan fingerprint density at radius 1 is 0.760 bits per heavy atom. The smallest absolute Gasteiger partial charge is 0.466 e. The third-order valence-electron chi connectivity index (χ3n) is 3.02. The van der Waals surface area contributed by atoms with E-state index in [1.807, 2.05) is 13.8 Å². The second-order valence-corrected chi connectivity index (χ2v) is 6.94. The number of hydrogen-bond donors (Lipinski definition) is 1. The number of carbonyl (C=O) groups is 2. The van der Waals surface area contributed by atoms with Gasteiger partial charge >= 0.3 is 19.8 Å². The molecule has 0 rings (SSSR count). The molecule has 0 saturated heterocycles. The molecule has 0 aromatic rings. The van der Waals surface area contributed by atoms with Gasteiger partial charge in [0.25, 0.3) is 0 Å². The molecule has 0 aromatic carbocycles. The Kier molecular flexibility index (Phi) is 14.7. The zero-order valence-electron chi connectivity index (χ0n) is 15.2. The summed E-state index contributed by atoms with van der Waals surface area (Å²) in [5.74, 6) is -0.472. The summed E-state index contributed by atoms with van der Waals surface area (Å²) in [4.78, 5) is 31.7. The van der Waals surface area contributed by atoms with Crippen LogP contribution in [0.25, 0.3) is 0 Å². The van der Waals surface area contributed by atoms with E-state index < -0.39 is 7.82 Å². The van der Waals surface area contributed by atoms with Crippen LogP contribution in [0, 0.1) is 0 Å². The monoisotopic (exact) mass is 382 g/mol. The Balaban J connectivity index is 3.54. The standard InChI is InChI=1S/C16H31O8P/c1-3-9-15(17)21-11-5-7-13-23-25(19,20)24-14-8-6-12-22-16(18)10-4-2/h3-14H2,1-2H3,(H,19,20). The largest absolute Gasteiger partial charge is 0.472 e. The summed E-state index contributed by atoms with van der Waals surface area (Å²) in [7, 11) is -4.06. The molecule has 0 amide bonds. The second kappa shape index (κ2) is 15.3. The van der Waals surface area contributed by atoms with Gasteiger partial charge in [0.1, 0.15) is 0 Å². The van der Waals surface area contributed by atoms with Crippen LogP contribution in [0.4, 0.5) is 0 Å². The molecule has 0 aromatic heterocycles. The molecule has 0 aliphatic rings. The molecule has 1 N–H and O–H groups in total. The lowest BCUT2D eigenvalue weighted by Gasteiger charge is -2.12. The van der Waals surface area contributed by atoms with E-state index in [2.05, 4.69) is 0 Å². The van der Waals surface area contributed by atoms with Gasteiger partial charge in [-0.05, 0) is 38.5 Å². The SMILES string of the molecule is CCCC(=O)OCCCCOP(=O)(O)OCCCCOC(=O)CCC. The Morgan fingerprint density at radius 2 is 1.12 bits per heavy atom. The fourth-order valence-electron chi connectivity index (χ4n) is 1.73. The number of phosphoric ester groups is 1. The Hall–Kier alpha value is -0.950. The van der Waals surface area contributed by atoms with Crippen molar-refractivity contribution in [2.75, 3.05) is 26.4 Å². The lowest BCUT2D eigenvalue weighted by atomic mass is 10.3. The van der Waals surface area contributed by atoms with E-state index in [4.69, 9.17) is 18.5 Å². The number of esters is 2. The lowest BCUT2D eigenvalue weighted by molar-refractivity contribution is -0.144. The van der Waals surface area contributed by atoms with E-state index in [1.165, 1.54) is 0 Å². The van der Waals surface area contributed by atoms with Gasteiger partial charge in [-0.2, -0.15) is 0 Å². The predicted octanol–water partition coefficient (Wildman–Crippen LogP) is 3.37. The quantitative estimate of drug-likeness (QED) is 0.246. The van der Waals surface area contributed by atoms with Crippen molar-refractivity contribution in [2.24, 2.45) is 0 Å². The molecule has 0 aliphatic carbocycles. The molecule has 0 unspecified atom stereocenters. The van der Waals surface area contributed by atoms with E-state index in [9.17, 15) is 19.0 Å². The number of rotatable bonds is 16. The molecule has 0 aliphatic heterocycles. The van der Waals surface area contributed by atoms with Crippen LogP contribution in [0.3, 0.4) is 0 Å². The van der Waals surface area contributed by atoms with Crippen molar-refractivity contribution in [3.63, 3.8) is 0 Å². The normalized spacial score (nSPS) is 11.3. The second-order valence-electron chi connectivity index (χ2n) is 5.49. The minimum Gasteiger partial charge on any atom is -0.466 e. The molecule has 0 heterocycles. The van der Waals surface area contributed by atoms with Crippen LogP contribution in [0.1, 0.15) is 65.2 Å². The van der Waals surface area contributed by atoms with Crippen molar-refractivity contribution in [1.29, 1.82) is 0 Å². The maximum atomic E-state index is 11.6. The Morgan fingerprint density at radius 3 is 1.48 bits per heavy atom. The predicted molar refractivity (Wildman–Crippen MR) is 91.9 cm³/mol. The van der Waals surface area contributed by atoms with Gasteiger partial charge in [-0.1, -0.05) is 13.8 Å². The highest BCUT2D eigenvalue weighted by Gasteiger charge is 2.20. The van der Waals surface area contributed by atoms with Gasteiger partial charge in [-0.25, -0.2) is 4.57 Å². The topological polar surface area (TPSA) is 108 Å². The minimum atomic E-state index is -4.06. The summed E-state index contributed by atoms with van der Waals surface area (Å²) >= 11 is 0. The first-order valence-electron chi connectivity index (χ1n) is 8.84. The van der Waals surface area contributed by atoms with Crippen LogP contribution in [0.5, 0.6) is 0 Å². The van der Waals surface area contributed by atoms with Gasteiger partial charge in [0.2, 0.25) is 0 Å². The van der Waals surface area contributed by atoms with Crippen LogP contribution in [0.15, 0.2) is 0 Å². The maximum Gasteiger partial charge on any atom is 0.472 e. The molecular formula is C16H31O8P. The van der Waals surface area contributed by atoms with Gasteiger partial charge in [-0.15, -0.1) is 0 Å². The van der Waals surface area contributed by atoms with Crippen LogP contribution in [-0.4, -0.2) is 43.3 Å². The molecule has 8 nitrogen and oxygen atoms in total. The van der Waals surface area contributed by atoms with Crippen LogP contribution in [0.2, 0.25) is 0 Å².